The predicted molar refractivity (Wildman–Crippen MR) is 62.4 cm³/mol. The van der Waals surface area contributed by atoms with Gasteiger partial charge in [-0.15, -0.1) is 0 Å². The molecule has 2 N–H and O–H groups in total. The Kier molecular flexibility index (Phi) is 2.80. The van der Waals surface area contributed by atoms with E-state index in [0.717, 1.165) is 5.56 Å². The third-order valence-corrected chi connectivity index (χ3v) is 4.21. The normalized spacial score (nSPS) is 14.8. The first-order chi connectivity index (χ1) is 7.95. The average Bonchev–Trinajstić information content (AvgIpc) is 2.72. The number of hydrogen-bond donors (Lipinski definition) is 2. The maximum absolute atomic E-state index is 11.7. The van der Waals surface area contributed by atoms with E-state index in [0.29, 0.717) is 18.7 Å². The minimum absolute atomic E-state index is 0.0851. The lowest BCUT2D eigenvalue weighted by atomic mass is 10.1. The third-order valence-electron chi connectivity index (χ3n) is 2.73. The molecule has 6 nitrogen and oxygen atoms in total. The number of nitrogens with one attached hydrogen (secondary N) is 1. The molecule has 1 aliphatic heterocycles. The van der Waals surface area contributed by atoms with Gasteiger partial charge >= 0.3 is 16.2 Å². The zero-order valence-electron chi connectivity index (χ0n) is 9.17. The first-order valence-corrected chi connectivity index (χ1v) is 6.47. The summed E-state index contributed by atoms with van der Waals surface area (Å²) in [7, 11) is -2.24. The topological polar surface area (TPSA) is 86.7 Å². The lowest BCUT2D eigenvalue weighted by molar-refractivity contribution is 0.0697. The number of rotatable bonds is 3. The Balaban J connectivity index is 2.50. The van der Waals surface area contributed by atoms with Gasteiger partial charge in [0.2, 0.25) is 0 Å². The molecule has 92 valence electrons. The van der Waals surface area contributed by atoms with Crippen LogP contribution in [0.4, 0.5) is 5.69 Å². The summed E-state index contributed by atoms with van der Waals surface area (Å²) in [5, 5.41) is 8.88. The Bertz CT molecular complexity index is 568. The molecule has 0 radical (unpaired) electrons. The zero-order valence-corrected chi connectivity index (χ0v) is 9.99. The molecule has 17 heavy (non-hydrogen) atoms. The fourth-order valence-electron chi connectivity index (χ4n) is 1.84. The quantitative estimate of drug-likeness (QED) is 0.809. The van der Waals surface area contributed by atoms with Gasteiger partial charge in [-0.25, -0.2) is 9.52 Å². The number of carboxylic acid groups (broad SMARTS) is 1. The van der Waals surface area contributed by atoms with Gasteiger partial charge in [-0.1, -0.05) is 6.07 Å². The number of carboxylic acids is 1. The Morgan fingerprint density at radius 3 is 2.76 bits per heavy atom. The molecule has 0 aromatic heterocycles. The van der Waals surface area contributed by atoms with Gasteiger partial charge in [-0.05, 0) is 24.1 Å². The third kappa shape index (κ3) is 1.98. The van der Waals surface area contributed by atoms with Gasteiger partial charge in [-0.3, -0.25) is 4.31 Å². The second kappa shape index (κ2) is 4.01. The molecule has 0 saturated heterocycles. The molecule has 1 aromatic rings. The number of nitrogens with zero attached hydrogens (tertiary/aromatic N) is 1. The SMILES string of the molecule is CNS(=O)(=O)N1CCc2ccc(C(=O)O)cc21. The average molecular weight is 256 g/mol. The summed E-state index contributed by atoms with van der Waals surface area (Å²) < 4.78 is 26.8. The number of hydrogen-bond acceptors (Lipinski definition) is 3. The van der Waals surface area contributed by atoms with Crippen LogP contribution in [0.1, 0.15) is 15.9 Å². The molecule has 0 saturated carbocycles. The van der Waals surface area contributed by atoms with Crippen LogP contribution in [-0.4, -0.2) is 33.1 Å². The maximum atomic E-state index is 11.7. The van der Waals surface area contributed by atoms with Crippen molar-refractivity contribution in [1.29, 1.82) is 0 Å². The molecular formula is C10H12N2O4S. The van der Waals surface area contributed by atoms with E-state index < -0.39 is 16.2 Å². The highest BCUT2D eigenvalue weighted by atomic mass is 32.2. The molecule has 0 spiro atoms. The molecule has 1 heterocycles. The van der Waals surface area contributed by atoms with E-state index in [-0.39, 0.29) is 5.56 Å². The summed E-state index contributed by atoms with van der Waals surface area (Å²) in [6.07, 6.45) is 0.593. The maximum Gasteiger partial charge on any atom is 0.335 e. The fraction of sp³-hybridized carbons (Fsp3) is 0.300. The van der Waals surface area contributed by atoms with Gasteiger partial charge < -0.3 is 5.11 Å². The summed E-state index contributed by atoms with van der Waals surface area (Å²) in [5.74, 6) is -1.07. The van der Waals surface area contributed by atoms with Crippen molar-refractivity contribution in [3.05, 3.63) is 29.3 Å². The van der Waals surface area contributed by atoms with E-state index in [1.54, 1.807) is 6.07 Å². The lowest BCUT2D eigenvalue weighted by Gasteiger charge is -2.18. The van der Waals surface area contributed by atoms with Crippen LogP contribution in [-0.2, 0) is 16.6 Å². The second-order valence-electron chi connectivity index (χ2n) is 3.68. The highest BCUT2D eigenvalue weighted by Crippen LogP contribution is 2.30. The van der Waals surface area contributed by atoms with Crippen molar-refractivity contribution in [3.63, 3.8) is 0 Å². The fourth-order valence-corrected chi connectivity index (χ4v) is 2.82. The van der Waals surface area contributed by atoms with Gasteiger partial charge in [-0.2, -0.15) is 8.42 Å². The first kappa shape index (κ1) is 11.9. The molecular weight excluding hydrogens is 244 g/mol. The van der Waals surface area contributed by atoms with Crippen molar-refractivity contribution in [1.82, 2.24) is 4.72 Å². The minimum atomic E-state index is -3.56. The Morgan fingerprint density at radius 2 is 2.18 bits per heavy atom. The summed E-state index contributed by atoms with van der Waals surface area (Å²) >= 11 is 0. The van der Waals surface area contributed by atoms with Crippen molar-refractivity contribution >= 4 is 21.9 Å². The number of aromatic carboxylic acids is 1. The van der Waals surface area contributed by atoms with Crippen LogP contribution < -0.4 is 9.03 Å². The van der Waals surface area contributed by atoms with Crippen molar-refractivity contribution < 1.29 is 18.3 Å². The van der Waals surface area contributed by atoms with Gasteiger partial charge in [0.1, 0.15) is 0 Å². The number of fused-ring (bicyclic) bond motifs is 1. The molecule has 1 aromatic carbocycles. The van der Waals surface area contributed by atoms with Crippen molar-refractivity contribution in [2.45, 2.75) is 6.42 Å². The van der Waals surface area contributed by atoms with E-state index >= 15 is 0 Å². The number of anilines is 1. The summed E-state index contributed by atoms with van der Waals surface area (Å²) in [5.41, 5.74) is 1.37. The minimum Gasteiger partial charge on any atom is -0.478 e. The highest BCUT2D eigenvalue weighted by Gasteiger charge is 2.28. The van der Waals surface area contributed by atoms with Crippen LogP contribution in [0.25, 0.3) is 0 Å². The van der Waals surface area contributed by atoms with E-state index in [1.165, 1.54) is 23.5 Å². The predicted octanol–water partition coefficient (Wildman–Crippen LogP) is 0.212. The van der Waals surface area contributed by atoms with Gasteiger partial charge in [0, 0.05) is 13.6 Å². The molecule has 0 atom stereocenters. The standard InChI is InChI=1S/C10H12N2O4S/c1-11-17(15,16)12-5-4-7-2-3-8(10(13)14)6-9(7)12/h2-3,6,11H,4-5H2,1H3,(H,13,14). The monoisotopic (exact) mass is 256 g/mol. The first-order valence-electron chi connectivity index (χ1n) is 5.03. The molecule has 0 amide bonds. The molecule has 0 bridgehead atoms. The Morgan fingerprint density at radius 1 is 1.47 bits per heavy atom. The summed E-state index contributed by atoms with van der Waals surface area (Å²) in [6.45, 7) is 0.335. The molecule has 1 aliphatic rings. The van der Waals surface area contributed by atoms with Gasteiger partial charge in [0.25, 0.3) is 0 Å². The van der Waals surface area contributed by atoms with E-state index in [4.69, 9.17) is 5.11 Å². The van der Waals surface area contributed by atoms with E-state index in [1.807, 2.05) is 0 Å². The van der Waals surface area contributed by atoms with E-state index in [9.17, 15) is 13.2 Å². The molecule has 7 heteroatoms. The van der Waals surface area contributed by atoms with Crippen LogP contribution in [0.3, 0.4) is 0 Å². The molecule has 0 fully saturated rings. The van der Waals surface area contributed by atoms with Crippen LogP contribution in [0.2, 0.25) is 0 Å². The van der Waals surface area contributed by atoms with Crippen LogP contribution in [0, 0.1) is 0 Å². The number of carbonyl (C=O) groups is 1. The van der Waals surface area contributed by atoms with Crippen molar-refractivity contribution in [2.75, 3.05) is 17.9 Å². The van der Waals surface area contributed by atoms with Crippen LogP contribution in [0.15, 0.2) is 18.2 Å². The smallest absolute Gasteiger partial charge is 0.335 e. The Labute approximate surface area is 99.0 Å². The zero-order chi connectivity index (χ0) is 12.6. The summed E-state index contributed by atoms with van der Waals surface area (Å²) in [4.78, 5) is 10.8. The molecule has 2 rings (SSSR count). The summed E-state index contributed by atoms with van der Waals surface area (Å²) in [6, 6.07) is 4.53. The molecule has 0 aliphatic carbocycles. The van der Waals surface area contributed by atoms with Crippen LogP contribution >= 0.6 is 0 Å². The Hall–Kier alpha value is -1.60. The van der Waals surface area contributed by atoms with Crippen LogP contribution in [0.5, 0.6) is 0 Å². The highest BCUT2D eigenvalue weighted by molar-refractivity contribution is 7.90. The lowest BCUT2D eigenvalue weighted by Crippen LogP contribution is -2.37. The number of benzene rings is 1. The molecule has 0 unspecified atom stereocenters. The van der Waals surface area contributed by atoms with Gasteiger partial charge in [0.05, 0.1) is 11.3 Å². The van der Waals surface area contributed by atoms with Gasteiger partial charge in [0.15, 0.2) is 0 Å². The van der Waals surface area contributed by atoms with Crippen molar-refractivity contribution in [2.24, 2.45) is 0 Å². The largest absolute Gasteiger partial charge is 0.478 e. The second-order valence-corrected chi connectivity index (χ2v) is 5.48. The van der Waals surface area contributed by atoms with Crippen molar-refractivity contribution in [3.8, 4) is 0 Å². The van der Waals surface area contributed by atoms with E-state index in [2.05, 4.69) is 4.72 Å².